The van der Waals surface area contributed by atoms with Crippen molar-refractivity contribution in [3.63, 3.8) is 0 Å². The van der Waals surface area contributed by atoms with Crippen molar-refractivity contribution in [2.45, 2.75) is 104 Å². The lowest BCUT2D eigenvalue weighted by atomic mass is 9.58. The highest BCUT2D eigenvalue weighted by molar-refractivity contribution is 6.04. The lowest BCUT2D eigenvalue weighted by Gasteiger charge is -2.48. The Labute approximate surface area is 187 Å². The number of esters is 1. The van der Waals surface area contributed by atoms with Crippen LogP contribution in [0, 0.1) is 34.0 Å². The first-order chi connectivity index (χ1) is 14.4. The van der Waals surface area contributed by atoms with E-state index in [-0.39, 0.29) is 40.5 Å². The van der Waals surface area contributed by atoms with Crippen molar-refractivity contribution in [2.24, 2.45) is 34.0 Å². The van der Waals surface area contributed by atoms with Crippen LogP contribution in [0.5, 0.6) is 0 Å². The van der Waals surface area contributed by atoms with Crippen molar-refractivity contribution >= 4 is 17.5 Å². The molecule has 1 spiro atoms. The van der Waals surface area contributed by atoms with E-state index in [4.69, 9.17) is 9.47 Å². The van der Waals surface area contributed by atoms with E-state index < -0.39 is 11.4 Å². The summed E-state index contributed by atoms with van der Waals surface area (Å²) in [5.41, 5.74) is -1.25. The molecular weight excluding hydrogens is 392 g/mol. The largest absolute Gasteiger partial charge is 0.468 e. The zero-order valence-corrected chi connectivity index (χ0v) is 20.2. The lowest BCUT2D eigenvalue weighted by Crippen LogP contribution is -2.48. The Bertz CT molecular complexity index is 781. The van der Waals surface area contributed by atoms with E-state index in [1.165, 1.54) is 14.0 Å². The first-order valence-corrected chi connectivity index (χ1v) is 12.2. The average Bonchev–Trinajstić information content (AvgIpc) is 3.22. The van der Waals surface area contributed by atoms with Gasteiger partial charge in [-0.3, -0.25) is 9.59 Å². The first kappa shape index (κ1) is 22.9. The molecule has 4 aliphatic rings. The van der Waals surface area contributed by atoms with Crippen molar-refractivity contribution in [1.82, 2.24) is 0 Å². The van der Waals surface area contributed by atoms with E-state index in [0.717, 1.165) is 32.1 Å². The van der Waals surface area contributed by atoms with Gasteiger partial charge in [-0.2, -0.15) is 0 Å². The van der Waals surface area contributed by atoms with Crippen LogP contribution in [0.4, 0.5) is 0 Å². The van der Waals surface area contributed by atoms with Crippen LogP contribution in [0.2, 0.25) is 0 Å². The zero-order valence-electron chi connectivity index (χ0n) is 20.2. The molecule has 0 N–H and O–H groups in total. The Hall–Kier alpha value is -1.23. The number of carbonyl (C=O) groups excluding carboxylic acids is 3. The summed E-state index contributed by atoms with van der Waals surface area (Å²) in [6.07, 6.45) is 7.10. The fourth-order valence-electron chi connectivity index (χ4n) is 8.23. The molecule has 0 amide bonds. The third-order valence-electron chi connectivity index (χ3n) is 9.45. The topological polar surface area (TPSA) is 69.7 Å². The molecule has 0 saturated heterocycles. The molecule has 4 fully saturated rings. The van der Waals surface area contributed by atoms with Gasteiger partial charge in [0.05, 0.1) is 18.8 Å². The minimum Gasteiger partial charge on any atom is -0.468 e. The van der Waals surface area contributed by atoms with Crippen LogP contribution in [0.1, 0.15) is 92.4 Å². The molecule has 4 saturated carbocycles. The Morgan fingerprint density at radius 2 is 1.77 bits per heavy atom. The van der Waals surface area contributed by atoms with Crippen LogP contribution in [0.3, 0.4) is 0 Å². The molecule has 0 aliphatic heterocycles. The number of Topliss-reactive ketones (excluding diaryl/α,β-unsaturated/α-hetero) is 2. The lowest BCUT2D eigenvalue weighted by molar-refractivity contribution is -0.162. The van der Waals surface area contributed by atoms with Gasteiger partial charge in [-0.1, -0.05) is 6.92 Å². The second-order valence-electron chi connectivity index (χ2n) is 12.1. The summed E-state index contributed by atoms with van der Waals surface area (Å²) in [4.78, 5) is 38.4. The molecule has 3 unspecified atom stereocenters. The predicted molar refractivity (Wildman–Crippen MR) is 117 cm³/mol. The van der Waals surface area contributed by atoms with Gasteiger partial charge in [0.2, 0.25) is 0 Å². The van der Waals surface area contributed by atoms with Crippen LogP contribution < -0.4 is 0 Å². The van der Waals surface area contributed by atoms with Crippen molar-refractivity contribution in [3.05, 3.63) is 0 Å². The maximum absolute atomic E-state index is 13.4. The zero-order chi connectivity index (χ0) is 22.8. The number of rotatable bonds is 5. The number of hydrogen-bond donors (Lipinski definition) is 0. The number of methoxy groups -OCH3 is 1. The molecule has 0 radical (unpaired) electrons. The van der Waals surface area contributed by atoms with Crippen molar-refractivity contribution in [3.8, 4) is 0 Å². The highest BCUT2D eigenvalue weighted by Gasteiger charge is 2.77. The van der Waals surface area contributed by atoms with E-state index in [2.05, 4.69) is 27.7 Å². The number of ketones is 2. The second-order valence-corrected chi connectivity index (χ2v) is 12.1. The summed E-state index contributed by atoms with van der Waals surface area (Å²) >= 11 is 0. The maximum atomic E-state index is 13.4. The molecule has 4 aliphatic carbocycles. The fraction of sp³-hybridized carbons (Fsp3) is 0.885. The molecule has 4 rings (SSSR count). The Morgan fingerprint density at radius 1 is 1.10 bits per heavy atom. The van der Waals surface area contributed by atoms with E-state index in [9.17, 15) is 14.4 Å². The molecular formula is C26H40O5. The quantitative estimate of drug-likeness (QED) is 0.457. The van der Waals surface area contributed by atoms with Crippen LogP contribution in [-0.2, 0) is 23.9 Å². The number of fused-ring (bicyclic) bond motifs is 2. The van der Waals surface area contributed by atoms with Crippen LogP contribution in [0.15, 0.2) is 0 Å². The third kappa shape index (κ3) is 3.41. The molecule has 174 valence electrons. The molecule has 0 aromatic carbocycles. The standard InChI is InChI=1S/C26H40O5/c1-16(27)11-14-25(22(29)30-6)15-26-17(7-9-20(25)28)18(26)12-13-24(5)19(26)8-10-21(24)31-23(2,3)4/h17-19,21H,7-15H2,1-6H3/t17-,18?,19+,21-,24-,25?,26?/m1/s1. The van der Waals surface area contributed by atoms with Gasteiger partial charge in [0.25, 0.3) is 0 Å². The van der Waals surface area contributed by atoms with Gasteiger partial charge in [-0.05, 0) is 101 Å². The average molecular weight is 433 g/mol. The Balaban J connectivity index is 1.71. The van der Waals surface area contributed by atoms with Crippen LogP contribution in [0.25, 0.3) is 0 Å². The monoisotopic (exact) mass is 432 g/mol. The van der Waals surface area contributed by atoms with Gasteiger partial charge in [-0.15, -0.1) is 0 Å². The molecule has 0 aromatic rings. The fourth-order valence-corrected chi connectivity index (χ4v) is 8.23. The van der Waals surface area contributed by atoms with E-state index >= 15 is 0 Å². The molecule has 5 nitrogen and oxygen atoms in total. The molecule has 7 atom stereocenters. The number of hydrogen-bond acceptors (Lipinski definition) is 5. The summed E-state index contributed by atoms with van der Waals surface area (Å²) in [6, 6.07) is 0. The molecule has 0 heterocycles. The van der Waals surface area contributed by atoms with Gasteiger partial charge < -0.3 is 14.3 Å². The molecule has 0 bridgehead atoms. The van der Waals surface area contributed by atoms with Gasteiger partial charge >= 0.3 is 5.97 Å². The van der Waals surface area contributed by atoms with Gasteiger partial charge in [0.1, 0.15) is 17.0 Å². The van der Waals surface area contributed by atoms with Crippen molar-refractivity contribution < 1.29 is 23.9 Å². The summed E-state index contributed by atoms with van der Waals surface area (Å²) in [5, 5.41) is 0. The van der Waals surface area contributed by atoms with Gasteiger partial charge in [-0.25, -0.2) is 0 Å². The SMILES string of the molecule is COC(=O)C1(CCC(C)=O)CC23C(CC[C@]4(C)[C@@H]2CC[C@H]4OC(C)(C)C)[C@H]3CCC1=O. The van der Waals surface area contributed by atoms with Gasteiger partial charge in [0, 0.05) is 12.8 Å². The summed E-state index contributed by atoms with van der Waals surface area (Å²) in [7, 11) is 1.38. The normalized spacial score (nSPS) is 44.0. The van der Waals surface area contributed by atoms with Crippen LogP contribution in [-0.4, -0.2) is 36.4 Å². The molecule has 0 aromatic heterocycles. The number of carbonyl (C=O) groups is 3. The highest BCUT2D eigenvalue weighted by Crippen LogP contribution is 2.81. The maximum Gasteiger partial charge on any atom is 0.319 e. The second kappa shape index (κ2) is 7.40. The molecule has 5 heteroatoms. The first-order valence-electron chi connectivity index (χ1n) is 12.2. The number of ether oxygens (including phenoxy) is 2. The predicted octanol–water partition coefficient (Wildman–Crippen LogP) is 4.89. The smallest absolute Gasteiger partial charge is 0.319 e. The van der Waals surface area contributed by atoms with Crippen molar-refractivity contribution in [2.75, 3.05) is 7.11 Å². The third-order valence-corrected chi connectivity index (χ3v) is 9.45. The van der Waals surface area contributed by atoms with Crippen molar-refractivity contribution in [1.29, 1.82) is 0 Å². The summed E-state index contributed by atoms with van der Waals surface area (Å²) < 4.78 is 11.8. The minimum atomic E-state index is -1.16. The van der Waals surface area contributed by atoms with E-state index in [1.807, 2.05) is 0 Å². The van der Waals surface area contributed by atoms with Gasteiger partial charge in [0.15, 0.2) is 0 Å². The Morgan fingerprint density at radius 3 is 2.39 bits per heavy atom. The summed E-state index contributed by atoms with van der Waals surface area (Å²) in [5.74, 6) is 1.16. The van der Waals surface area contributed by atoms with E-state index in [1.54, 1.807) is 0 Å². The highest BCUT2D eigenvalue weighted by atomic mass is 16.5. The Kier molecular flexibility index (Phi) is 5.47. The van der Waals surface area contributed by atoms with E-state index in [0.29, 0.717) is 37.0 Å². The minimum absolute atomic E-state index is 0.00584. The summed E-state index contributed by atoms with van der Waals surface area (Å²) in [6.45, 7) is 10.3. The molecule has 31 heavy (non-hydrogen) atoms. The van der Waals surface area contributed by atoms with Crippen LogP contribution >= 0.6 is 0 Å².